The molecule has 94 valence electrons. The maximum atomic E-state index is 11.0. The minimum absolute atomic E-state index is 0.0319. The van der Waals surface area contributed by atoms with E-state index in [0.29, 0.717) is 0 Å². The van der Waals surface area contributed by atoms with Crippen molar-refractivity contribution in [3.63, 3.8) is 0 Å². The number of aromatic carboxylic acids is 1. The molecule has 5 nitrogen and oxygen atoms in total. The average Bonchev–Trinajstić information content (AvgIpc) is 2.28. The van der Waals surface area contributed by atoms with Gasteiger partial charge in [-0.15, -0.1) is 0 Å². The fourth-order valence-corrected chi connectivity index (χ4v) is 1.82. The monoisotopic (exact) mass is 259 g/mol. The molecule has 2 atom stereocenters. The summed E-state index contributed by atoms with van der Waals surface area (Å²) in [6.45, 7) is 0.130. The highest BCUT2D eigenvalue weighted by atomic mass is 35.5. The van der Waals surface area contributed by atoms with Crippen molar-refractivity contribution < 1.29 is 20.1 Å². The Hall–Kier alpha value is -1.14. The molecule has 0 radical (unpaired) electrons. The minimum atomic E-state index is -1.35. The fourth-order valence-electron chi connectivity index (χ4n) is 1.54. The SMILES string of the molecule is CNCC(O)C(O)c1c(Cl)cccc1C(=O)O. The number of carbonyl (C=O) groups is 1. The van der Waals surface area contributed by atoms with Crippen LogP contribution in [-0.2, 0) is 0 Å². The van der Waals surface area contributed by atoms with Crippen molar-refractivity contribution in [2.45, 2.75) is 12.2 Å². The summed E-state index contributed by atoms with van der Waals surface area (Å²) >= 11 is 5.86. The fraction of sp³-hybridized carbons (Fsp3) is 0.364. The zero-order chi connectivity index (χ0) is 13.0. The molecule has 0 aliphatic heterocycles. The van der Waals surface area contributed by atoms with Gasteiger partial charge in [0.15, 0.2) is 0 Å². The average molecular weight is 260 g/mol. The molecular formula is C11H14ClNO4. The molecule has 0 fully saturated rings. The zero-order valence-electron chi connectivity index (χ0n) is 9.22. The highest BCUT2D eigenvalue weighted by Gasteiger charge is 2.25. The highest BCUT2D eigenvalue weighted by molar-refractivity contribution is 6.31. The third-order valence-electron chi connectivity index (χ3n) is 2.36. The van der Waals surface area contributed by atoms with Gasteiger partial charge in [-0.25, -0.2) is 4.79 Å². The van der Waals surface area contributed by atoms with Gasteiger partial charge in [-0.1, -0.05) is 17.7 Å². The molecule has 1 aromatic carbocycles. The third kappa shape index (κ3) is 3.17. The first-order valence-corrected chi connectivity index (χ1v) is 5.39. The molecule has 0 heterocycles. The van der Waals surface area contributed by atoms with Gasteiger partial charge in [0.2, 0.25) is 0 Å². The Morgan fingerprint density at radius 1 is 1.47 bits per heavy atom. The second-order valence-electron chi connectivity index (χ2n) is 3.58. The molecule has 2 unspecified atom stereocenters. The van der Waals surface area contributed by atoms with E-state index in [1.807, 2.05) is 0 Å². The molecule has 0 aromatic heterocycles. The standard InChI is InChI=1S/C11H14ClNO4/c1-13-5-8(14)10(15)9-6(11(16)17)3-2-4-7(9)12/h2-4,8,10,13-15H,5H2,1H3,(H,16,17). The van der Waals surface area contributed by atoms with E-state index in [9.17, 15) is 15.0 Å². The van der Waals surface area contributed by atoms with Crippen molar-refractivity contribution >= 4 is 17.6 Å². The predicted molar refractivity (Wildman–Crippen MR) is 63.3 cm³/mol. The van der Waals surface area contributed by atoms with Crippen LogP contribution in [0.15, 0.2) is 18.2 Å². The molecule has 4 N–H and O–H groups in total. The number of carboxylic acid groups (broad SMARTS) is 1. The van der Waals surface area contributed by atoms with Crippen molar-refractivity contribution in [1.82, 2.24) is 5.32 Å². The molecule has 0 saturated heterocycles. The summed E-state index contributed by atoms with van der Waals surface area (Å²) in [7, 11) is 1.61. The summed E-state index contributed by atoms with van der Waals surface area (Å²) in [5.74, 6) is -1.20. The first-order chi connectivity index (χ1) is 7.99. The van der Waals surface area contributed by atoms with Crippen molar-refractivity contribution in [1.29, 1.82) is 0 Å². The van der Waals surface area contributed by atoms with E-state index in [0.717, 1.165) is 0 Å². The number of halogens is 1. The van der Waals surface area contributed by atoms with Crippen molar-refractivity contribution in [3.8, 4) is 0 Å². The number of hydrogen-bond donors (Lipinski definition) is 4. The largest absolute Gasteiger partial charge is 0.478 e. The number of hydrogen-bond acceptors (Lipinski definition) is 4. The van der Waals surface area contributed by atoms with Gasteiger partial charge >= 0.3 is 5.97 Å². The van der Waals surface area contributed by atoms with E-state index in [4.69, 9.17) is 16.7 Å². The van der Waals surface area contributed by atoms with Gasteiger partial charge in [0.25, 0.3) is 0 Å². The number of benzene rings is 1. The maximum Gasteiger partial charge on any atom is 0.336 e. The smallest absolute Gasteiger partial charge is 0.336 e. The molecule has 0 bridgehead atoms. The summed E-state index contributed by atoms with van der Waals surface area (Å²) in [6.07, 6.45) is -2.47. The van der Waals surface area contributed by atoms with Gasteiger partial charge in [0, 0.05) is 17.1 Å². The molecule has 1 aromatic rings. The Labute approximate surface area is 104 Å². The Bertz CT molecular complexity index is 410. The molecule has 0 amide bonds. The van der Waals surface area contributed by atoms with E-state index in [1.54, 1.807) is 7.05 Å². The summed E-state index contributed by atoms with van der Waals surface area (Å²) in [6, 6.07) is 4.28. The third-order valence-corrected chi connectivity index (χ3v) is 2.69. The van der Waals surface area contributed by atoms with Crippen LogP contribution >= 0.6 is 11.6 Å². The van der Waals surface area contributed by atoms with Gasteiger partial charge in [0.05, 0.1) is 11.7 Å². The highest BCUT2D eigenvalue weighted by Crippen LogP contribution is 2.28. The number of rotatable bonds is 5. The van der Waals surface area contributed by atoms with E-state index < -0.39 is 18.2 Å². The summed E-state index contributed by atoms with van der Waals surface area (Å²) in [5.41, 5.74) is -0.0791. The first kappa shape index (κ1) is 13.9. The number of carboxylic acids is 1. The number of aliphatic hydroxyl groups excluding tert-OH is 2. The van der Waals surface area contributed by atoms with Gasteiger partial charge in [-0.2, -0.15) is 0 Å². The van der Waals surface area contributed by atoms with Gasteiger partial charge in [-0.05, 0) is 19.2 Å². The van der Waals surface area contributed by atoms with Gasteiger partial charge in [-0.3, -0.25) is 0 Å². The van der Waals surface area contributed by atoms with E-state index in [1.165, 1.54) is 18.2 Å². The molecule has 17 heavy (non-hydrogen) atoms. The number of nitrogens with one attached hydrogen (secondary N) is 1. The predicted octanol–water partition coefficient (Wildman–Crippen LogP) is 0.652. The Morgan fingerprint density at radius 3 is 2.65 bits per heavy atom. The lowest BCUT2D eigenvalue weighted by Gasteiger charge is -2.20. The Balaban J connectivity index is 3.15. The van der Waals surface area contributed by atoms with Gasteiger partial charge in [0.1, 0.15) is 6.10 Å². The van der Waals surface area contributed by atoms with Crippen LogP contribution in [0.2, 0.25) is 5.02 Å². The van der Waals surface area contributed by atoms with Crippen LogP contribution in [0, 0.1) is 0 Å². The molecule has 1 rings (SSSR count). The second kappa shape index (κ2) is 5.97. The maximum absolute atomic E-state index is 11.0. The topological polar surface area (TPSA) is 89.8 Å². The summed E-state index contributed by atoms with van der Waals surface area (Å²) in [5, 5.41) is 31.3. The first-order valence-electron chi connectivity index (χ1n) is 5.01. The summed E-state index contributed by atoms with van der Waals surface area (Å²) < 4.78 is 0. The molecule has 0 saturated carbocycles. The van der Waals surface area contributed by atoms with Crippen LogP contribution < -0.4 is 5.32 Å². The number of aliphatic hydroxyl groups is 2. The van der Waals surface area contributed by atoms with Crippen LogP contribution in [0.5, 0.6) is 0 Å². The van der Waals surface area contributed by atoms with Crippen LogP contribution in [0.3, 0.4) is 0 Å². The Kier molecular flexibility index (Phi) is 4.89. The lowest BCUT2D eigenvalue weighted by molar-refractivity contribution is 0.0192. The Morgan fingerprint density at radius 2 is 2.12 bits per heavy atom. The van der Waals surface area contributed by atoms with Crippen molar-refractivity contribution in [2.24, 2.45) is 0 Å². The van der Waals surface area contributed by atoms with E-state index >= 15 is 0 Å². The van der Waals surface area contributed by atoms with E-state index in [2.05, 4.69) is 5.32 Å². The van der Waals surface area contributed by atoms with Crippen LogP contribution in [0.4, 0.5) is 0 Å². The van der Waals surface area contributed by atoms with E-state index in [-0.39, 0.29) is 22.7 Å². The normalized spacial score (nSPS) is 14.4. The molecule has 0 aliphatic rings. The molecule has 0 aliphatic carbocycles. The van der Waals surface area contributed by atoms with Crippen molar-refractivity contribution in [2.75, 3.05) is 13.6 Å². The molecule has 0 spiro atoms. The van der Waals surface area contributed by atoms with Crippen LogP contribution in [-0.4, -0.2) is 41.0 Å². The summed E-state index contributed by atoms with van der Waals surface area (Å²) in [4.78, 5) is 11.0. The van der Waals surface area contributed by atoms with Crippen LogP contribution in [0.25, 0.3) is 0 Å². The minimum Gasteiger partial charge on any atom is -0.478 e. The van der Waals surface area contributed by atoms with Crippen LogP contribution in [0.1, 0.15) is 22.0 Å². The molecule has 6 heteroatoms. The lowest BCUT2D eigenvalue weighted by atomic mass is 9.98. The molecular weight excluding hydrogens is 246 g/mol. The lowest BCUT2D eigenvalue weighted by Crippen LogP contribution is -2.30. The van der Waals surface area contributed by atoms with Crippen molar-refractivity contribution in [3.05, 3.63) is 34.3 Å². The quantitative estimate of drug-likeness (QED) is 0.624. The number of likely N-dealkylation sites (N-methyl/N-ethyl adjacent to an activating group) is 1. The second-order valence-corrected chi connectivity index (χ2v) is 3.98. The van der Waals surface area contributed by atoms with Gasteiger partial charge < -0.3 is 20.6 Å². The zero-order valence-corrected chi connectivity index (χ0v) is 9.98.